The van der Waals surface area contributed by atoms with Crippen LogP contribution in [0.1, 0.15) is 11.3 Å². The minimum atomic E-state index is 0.622. The van der Waals surface area contributed by atoms with Crippen molar-refractivity contribution in [1.82, 2.24) is 0 Å². The van der Waals surface area contributed by atoms with Gasteiger partial charge in [-0.1, -0.05) is 15.9 Å². The number of halogens is 2. The number of hydrogen-bond donors (Lipinski definition) is 0. The number of ether oxygens (including phenoxy) is 1. The average molecular weight is 340 g/mol. The van der Waals surface area contributed by atoms with E-state index in [1.807, 2.05) is 11.3 Å². The first-order chi connectivity index (χ1) is 6.75. The minimum Gasteiger partial charge on any atom is -0.381 e. The highest BCUT2D eigenvalue weighted by atomic mass is 79.9. The van der Waals surface area contributed by atoms with Crippen LogP contribution < -0.4 is 0 Å². The van der Waals surface area contributed by atoms with Crippen LogP contribution in [-0.4, -0.2) is 18.0 Å². The molecule has 0 aliphatic carbocycles. The normalized spacial score (nSPS) is 27.9. The van der Waals surface area contributed by atoms with Crippen LogP contribution in [0, 0.1) is 5.92 Å². The first-order valence-electron chi connectivity index (χ1n) is 4.70. The van der Waals surface area contributed by atoms with Crippen molar-refractivity contribution >= 4 is 43.2 Å². The third kappa shape index (κ3) is 2.81. The van der Waals surface area contributed by atoms with Gasteiger partial charge in [-0.25, -0.2) is 0 Å². The Morgan fingerprint density at radius 2 is 2.43 bits per heavy atom. The van der Waals surface area contributed by atoms with E-state index in [-0.39, 0.29) is 0 Å². The molecular weight excluding hydrogens is 328 g/mol. The molecule has 0 amide bonds. The lowest BCUT2D eigenvalue weighted by molar-refractivity contribution is 0.0608. The molecule has 2 unspecified atom stereocenters. The molecule has 1 saturated heterocycles. The summed E-state index contributed by atoms with van der Waals surface area (Å²) in [6.07, 6.45) is 2.27. The summed E-state index contributed by atoms with van der Waals surface area (Å²) in [5, 5.41) is 2.14. The molecule has 0 bridgehead atoms. The highest BCUT2D eigenvalue weighted by molar-refractivity contribution is 9.10. The predicted octanol–water partition coefficient (Wildman–Crippen LogP) is 3.85. The fourth-order valence-corrected chi connectivity index (χ4v) is 3.75. The zero-order chi connectivity index (χ0) is 9.97. The van der Waals surface area contributed by atoms with Crippen LogP contribution in [0.5, 0.6) is 0 Å². The molecule has 1 aromatic rings. The Balaban J connectivity index is 1.95. The second kappa shape index (κ2) is 5.10. The van der Waals surface area contributed by atoms with Crippen molar-refractivity contribution in [3.05, 3.63) is 20.8 Å². The molecule has 2 heterocycles. The minimum absolute atomic E-state index is 0.622. The second-order valence-corrected chi connectivity index (χ2v) is 6.66. The summed E-state index contributed by atoms with van der Waals surface area (Å²) in [4.78, 5) is 2.06. The zero-order valence-electron chi connectivity index (χ0n) is 7.71. The number of rotatable bonds is 2. The van der Waals surface area contributed by atoms with Gasteiger partial charge in [0.15, 0.2) is 0 Å². The van der Waals surface area contributed by atoms with Crippen LogP contribution >= 0.6 is 43.2 Å². The molecule has 2 atom stereocenters. The molecule has 1 aromatic heterocycles. The third-order valence-corrected chi connectivity index (χ3v) is 5.39. The van der Waals surface area contributed by atoms with Crippen LogP contribution in [0.2, 0.25) is 0 Å². The molecule has 0 aromatic carbocycles. The van der Waals surface area contributed by atoms with Crippen molar-refractivity contribution in [3.63, 3.8) is 0 Å². The highest BCUT2D eigenvalue weighted by Gasteiger charge is 2.23. The maximum absolute atomic E-state index is 5.49. The summed E-state index contributed by atoms with van der Waals surface area (Å²) < 4.78 is 6.69. The summed E-state index contributed by atoms with van der Waals surface area (Å²) in [5.74, 6) is 0.634. The van der Waals surface area contributed by atoms with Gasteiger partial charge in [-0.15, -0.1) is 11.3 Å². The van der Waals surface area contributed by atoms with Crippen molar-refractivity contribution < 1.29 is 4.74 Å². The van der Waals surface area contributed by atoms with E-state index in [4.69, 9.17) is 4.74 Å². The Morgan fingerprint density at radius 1 is 1.57 bits per heavy atom. The third-order valence-electron chi connectivity index (χ3n) is 2.47. The van der Waals surface area contributed by atoms with Gasteiger partial charge in [0.05, 0.1) is 6.61 Å². The topological polar surface area (TPSA) is 9.23 Å². The fraction of sp³-hybridized carbons (Fsp3) is 0.600. The number of alkyl halides is 1. The van der Waals surface area contributed by atoms with Crippen molar-refractivity contribution in [2.45, 2.75) is 17.7 Å². The summed E-state index contributed by atoms with van der Waals surface area (Å²) in [6.45, 7) is 1.80. The van der Waals surface area contributed by atoms with E-state index in [2.05, 4.69) is 43.3 Å². The van der Waals surface area contributed by atoms with Gasteiger partial charge in [-0.3, -0.25) is 0 Å². The standard InChI is InChI=1S/C10H12Br2OS/c11-8-4-9(14-6-8)3-7-5-13-2-1-10(7)12/h4,6-7,10H,1-3,5H2. The first kappa shape index (κ1) is 11.1. The largest absolute Gasteiger partial charge is 0.381 e. The Labute approximate surface area is 105 Å². The number of hydrogen-bond acceptors (Lipinski definition) is 2. The first-order valence-corrected chi connectivity index (χ1v) is 7.29. The molecule has 0 radical (unpaired) electrons. The van der Waals surface area contributed by atoms with E-state index in [0.29, 0.717) is 10.7 Å². The lowest BCUT2D eigenvalue weighted by Gasteiger charge is -2.26. The van der Waals surface area contributed by atoms with Gasteiger partial charge in [0.2, 0.25) is 0 Å². The molecule has 1 aliphatic heterocycles. The Hall–Kier alpha value is 0.620. The lowest BCUT2D eigenvalue weighted by atomic mass is 9.98. The molecule has 1 nitrogen and oxygen atoms in total. The molecule has 78 valence electrons. The monoisotopic (exact) mass is 338 g/mol. The van der Waals surface area contributed by atoms with E-state index in [1.54, 1.807) is 0 Å². The predicted molar refractivity (Wildman–Crippen MR) is 67.4 cm³/mol. The van der Waals surface area contributed by atoms with Crippen LogP contribution in [0.4, 0.5) is 0 Å². The van der Waals surface area contributed by atoms with Gasteiger partial charge < -0.3 is 4.74 Å². The van der Waals surface area contributed by atoms with Crippen molar-refractivity contribution in [3.8, 4) is 0 Å². The maximum atomic E-state index is 5.49. The maximum Gasteiger partial charge on any atom is 0.0508 e. The van der Waals surface area contributed by atoms with E-state index in [9.17, 15) is 0 Å². The van der Waals surface area contributed by atoms with E-state index in [1.165, 1.54) is 9.35 Å². The Kier molecular flexibility index (Phi) is 4.05. The summed E-state index contributed by atoms with van der Waals surface area (Å²) in [5.41, 5.74) is 0. The molecule has 0 spiro atoms. The Morgan fingerprint density at radius 3 is 3.07 bits per heavy atom. The van der Waals surface area contributed by atoms with E-state index >= 15 is 0 Å². The van der Waals surface area contributed by atoms with Crippen molar-refractivity contribution in [2.75, 3.05) is 13.2 Å². The molecule has 1 fully saturated rings. The molecule has 4 heteroatoms. The smallest absolute Gasteiger partial charge is 0.0508 e. The summed E-state index contributed by atoms with van der Waals surface area (Å²) in [7, 11) is 0. The van der Waals surface area contributed by atoms with Crippen LogP contribution in [-0.2, 0) is 11.2 Å². The van der Waals surface area contributed by atoms with Crippen LogP contribution in [0.15, 0.2) is 15.9 Å². The van der Waals surface area contributed by atoms with Crippen molar-refractivity contribution in [1.29, 1.82) is 0 Å². The van der Waals surface area contributed by atoms with Crippen LogP contribution in [0.25, 0.3) is 0 Å². The SMILES string of the molecule is Brc1csc(CC2COCCC2Br)c1. The molecule has 14 heavy (non-hydrogen) atoms. The summed E-state index contributed by atoms with van der Waals surface area (Å²) in [6, 6.07) is 2.21. The molecule has 0 N–H and O–H groups in total. The fourth-order valence-electron chi connectivity index (χ4n) is 1.68. The second-order valence-electron chi connectivity index (χ2n) is 3.58. The summed E-state index contributed by atoms with van der Waals surface area (Å²) >= 11 is 9.03. The quantitative estimate of drug-likeness (QED) is 0.743. The number of thiophene rings is 1. The van der Waals surface area contributed by atoms with Gasteiger partial charge in [0, 0.05) is 26.2 Å². The highest BCUT2D eigenvalue weighted by Crippen LogP contribution is 2.29. The van der Waals surface area contributed by atoms with Gasteiger partial charge in [0.25, 0.3) is 0 Å². The van der Waals surface area contributed by atoms with Crippen LogP contribution in [0.3, 0.4) is 0 Å². The molecule has 0 saturated carbocycles. The van der Waals surface area contributed by atoms with Gasteiger partial charge in [-0.05, 0) is 40.8 Å². The zero-order valence-corrected chi connectivity index (χ0v) is 11.7. The average Bonchev–Trinajstić information content (AvgIpc) is 2.56. The lowest BCUT2D eigenvalue weighted by Crippen LogP contribution is -2.29. The molecule has 1 aliphatic rings. The van der Waals surface area contributed by atoms with E-state index in [0.717, 1.165) is 26.1 Å². The van der Waals surface area contributed by atoms with Crippen molar-refractivity contribution in [2.24, 2.45) is 5.92 Å². The molecular formula is C10H12Br2OS. The van der Waals surface area contributed by atoms with Gasteiger partial charge in [0.1, 0.15) is 0 Å². The van der Waals surface area contributed by atoms with Gasteiger partial charge in [-0.2, -0.15) is 0 Å². The Bertz CT molecular complexity index is 300. The van der Waals surface area contributed by atoms with Gasteiger partial charge >= 0.3 is 0 Å². The van der Waals surface area contributed by atoms with E-state index < -0.39 is 0 Å². The molecule has 2 rings (SSSR count).